The summed E-state index contributed by atoms with van der Waals surface area (Å²) in [7, 11) is 1.45. The summed E-state index contributed by atoms with van der Waals surface area (Å²) in [6, 6.07) is 8.27. The van der Waals surface area contributed by atoms with E-state index in [9.17, 15) is 103 Å². The molecular formula is C71H104N18O21S. The summed E-state index contributed by atoms with van der Waals surface area (Å²) in [4.78, 5) is 192. The van der Waals surface area contributed by atoms with Crippen molar-refractivity contribution in [2.24, 2.45) is 0 Å². The van der Waals surface area contributed by atoms with E-state index in [0.717, 1.165) is 5.52 Å². The summed E-state index contributed by atoms with van der Waals surface area (Å²) in [5.74, 6) is -12.3. The number of carboxylic acid groups (broad SMARTS) is 8. The number of H-pyrrole nitrogens is 2. The Labute approximate surface area is 646 Å². The van der Waals surface area contributed by atoms with E-state index < -0.39 is 141 Å². The number of carbonyl (C=O) groups is 13. The molecule has 111 heavy (non-hydrogen) atoms. The summed E-state index contributed by atoms with van der Waals surface area (Å²) in [5, 5.41) is 98.0. The maximum atomic E-state index is 14.5. The molecule has 40 heteroatoms. The first-order chi connectivity index (χ1) is 52.9. The van der Waals surface area contributed by atoms with Crippen LogP contribution in [0.15, 0.2) is 67.3 Å². The minimum absolute atomic E-state index is 0.00497. The third kappa shape index (κ3) is 32.3. The molecule has 2 aromatic carbocycles. The number of thiocarbonyl (C=S) groups is 1. The van der Waals surface area contributed by atoms with Crippen molar-refractivity contribution in [2.45, 2.75) is 88.5 Å². The number of aliphatic carboxylic acids is 8. The maximum absolute atomic E-state index is 14.5. The number of carboxylic acids is 8. The second kappa shape index (κ2) is 46.4. The standard InChI is InChI=1S/C71H104N18O21S/c1-3-6-59(92)89(18-17-74-57(90)15-13-55(69(107)108)87-31-27-83(42-62(97)98)23-19-81(40-60(93)94)20-24-84(28-32-87)43-63(99)100)39-50(77-58(91)16-14-56(70(109)110)88-33-29-85(44-64(101)102)25-21-82(41-61(95)96)22-26-86(30-34-88)45-65(103)104)35-47-9-11-48(12-10-47)78-71(111)80-66(52-38-75-53-8-5-4-7-51(52)53)68(106)79-54(67(105)72-2)36-49-37-73-46-76-49/h4-5,7-12,37-38,46,50,54-56,66,75H,3,6,13-36,39-45H2,1-2H3,(H,72,105)(H,73,76)(H,74,90)(H,77,91)(H,79,106)(H,93,94)(H,95,96)(H,97,98)(H,99,100)(H,101,102)(H,103,104)(H,107,108)(H,109,110)(H2,78,80,111)/t50-,54-,55-,56-,66-/m0/s1. The average molecular weight is 1580 g/mol. The number of nitrogens with one attached hydrogen (secondary N) is 8. The van der Waals surface area contributed by atoms with Crippen molar-refractivity contribution in [3.8, 4) is 0 Å². The largest absolute Gasteiger partial charge is 0.480 e. The molecule has 0 radical (unpaired) electrons. The number of nitrogens with zero attached hydrogens (tertiary/aromatic N) is 10. The lowest BCUT2D eigenvalue weighted by Crippen LogP contribution is -2.52. The van der Waals surface area contributed by atoms with E-state index in [4.69, 9.17) is 12.2 Å². The Bertz CT molecular complexity index is 3710. The van der Waals surface area contributed by atoms with Gasteiger partial charge < -0.3 is 87.6 Å². The van der Waals surface area contributed by atoms with Crippen molar-refractivity contribution in [3.63, 3.8) is 0 Å². The van der Waals surface area contributed by atoms with Gasteiger partial charge in [-0.25, -0.2) is 4.98 Å². The topological polar surface area (TPSA) is 530 Å². The monoisotopic (exact) mass is 1580 g/mol. The summed E-state index contributed by atoms with van der Waals surface area (Å²) >= 11 is 5.83. The Morgan fingerprint density at radius 1 is 0.532 bits per heavy atom. The SMILES string of the molecule is CCCC(=O)N(CCNC(=O)CC[C@@H](C(=O)O)N1CCN(CC(=O)O)CCN(CC(=O)O)CCN(CC(=O)O)CC1)C[C@H](Cc1ccc(NC(=S)N[C@H](C(=O)N[C@@H](Cc2cnc[nH]2)C(=O)NC)c2c[nH]c3ccccc23)cc1)NC(=O)CC[C@@H](C(=O)O)N1CCN(CC(=O)O)CCN(CC(=O)O)CCN(CC(=O)O)CC1. The van der Waals surface area contributed by atoms with Crippen LogP contribution < -0.4 is 31.9 Å². The van der Waals surface area contributed by atoms with Gasteiger partial charge >= 0.3 is 47.8 Å². The number of anilines is 1. The van der Waals surface area contributed by atoms with Gasteiger partial charge in [0.25, 0.3) is 0 Å². The molecule has 0 bridgehead atoms. The molecule has 0 aliphatic carbocycles. The number of fused-ring (bicyclic) bond motifs is 1. The first-order valence-corrected chi connectivity index (χ1v) is 37.0. The van der Waals surface area contributed by atoms with Crippen LogP contribution in [-0.4, -0.2) is 377 Å². The lowest BCUT2D eigenvalue weighted by molar-refractivity contribution is -0.145. The van der Waals surface area contributed by atoms with Gasteiger partial charge in [-0.15, -0.1) is 0 Å². The van der Waals surface area contributed by atoms with Crippen molar-refractivity contribution in [2.75, 3.05) is 176 Å². The summed E-state index contributed by atoms with van der Waals surface area (Å²) in [6.45, 7) is -0.719. The number of likely N-dealkylation sites (N-methyl/N-ethyl adjacent to an activating group) is 1. The second-order valence-electron chi connectivity index (χ2n) is 27.3. The predicted octanol–water partition coefficient (Wildman–Crippen LogP) is -2.42. The van der Waals surface area contributed by atoms with Gasteiger partial charge in [0.15, 0.2) is 5.11 Å². The molecule has 5 amide bonds. The fourth-order valence-corrected chi connectivity index (χ4v) is 13.5. The molecule has 39 nitrogen and oxygen atoms in total. The number of aromatic nitrogens is 3. The van der Waals surface area contributed by atoms with Gasteiger partial charge in [-0.1, -0.05) is 37.3 Å². The fourth-order valence-electron chi connectivity index (χ4n) is 13.3. The van der Waals surface area contributed by atoms with Crippen LogP contribution in [0.2, 0.25) is 0 Å². The van der Waals surface area contributed by atoms with Crippen molar-refractivity contribution in [1.82, 2.24) is 85.6 Å². The highest BCUT2D eigenvalue weighted by Crippen LogP contribution is 2.26. The molecule has 0 saturated carbocycles. The van der Waals surface area contributed by atoms with Crippen LogP contribution in [0, 0.1) is 0 Å². The molecule has 5 atom stereocenters. The summed E-state index contributed by atoms with van der Waals surface area (Å²) < 4.78 is 0. The van der Waals surface area contributed by atoms with Gasteiger partial charge in [-0.2, -0.15) is 0 Å². The number of hydrogen-bond acceptors (Lipinski definition) is 23. The molecule has 2 saturated heterocycles. The van der Waals surface area contributed by atoms with E-state index in [1.807, 2.05) is 18.2 Å². The van der Waals surface area contributed by atoms with Gasteiger partial charge in [0.2, 0.25) is 29.5 Å². The molecule has 16 N–H and O–H groups in total. The first-order valence-electron chi connectivity index (χ1n) is 36.6. The number of rotatable bonds is 40. The smallest absolute Gasteiger partial charge is 0.320 e. The number of aromatic amines is 2. The number of para-hydroxylation sites is 1. The van der Waals surface area contributed by atoms with Gasteiger partial charge in [0.1, 0.15) is 24.2 Å². The normalized spacial score (nSPS) is 16.9. The van der Waals surface area contributed by atoms with Gasteiger partial charge in [0, 0.05) is 197 Å². The number of imidazole rings is 1. The lowest BCUT2D eigenvalue weighted by atomic mass is 10.0. The molecule has 2 aliphatic heterocycles. The van der Waals surface area contributed by atoms with Crippen LogP contribution in [0.25, 0.3) is 10.9 Å². The molecule has 6 rings (SSSR count). The number of amides is 5. The van der Waals surface area contributed by atoms with Gasteiger partial charge in [0.05, 0.1) is 51.6 Å². The third-order valence-electron chi connectivity index (χ3n) is 19.0. The van der Waals surface area contributed by atoms with E-state index in [-0.39, 0.29) is 180 Å². The number of hydrogen-bond donors (Lipinski definition) is 16. The molecule has 4 aromatic rings. The zero-order chi connectivity index (χ0) is 81.1. The Morgan fingerprint density at radius 2 is 0.982 bits per heavy atom. The lowest BCUT2D eigenvalue weighted by Gasteiger charge is -2.35. The van der Waals surface area contributed by atoms with Crippen molar-refractivity contribution >= 4 is 111 Å². The zero-order valence-electron chi connectivity index (χ0n) is 62.3. The van der Waals surface area contributed by atoms with Crippen molar-refractivity contribution < 1.29 is 103 Å². The molecule has 610 valence electrons. The van der Waals surface area contributed by atoms with E-state index in [1.54, 1.807) is 53.3 Å². The highest BCUT2D eigenvalue weighted by Gasteiger charge is 2.34. The first kappa shape index (κ1) is 89.6. The molecule has 4 heterocycles. The van der Waals surface area contributed by atoms with Crippen LogP contribution >= 0.6 is 12.2 Å². The maximum Gasteiger partial charge on any atom is 0.320 e. The van der Waals surface area contributed by atoms with Crippen molar-refractivity contribution in [3.05, 3.63) is 84.1 Å². The van der Waals surface area contributed by atoms with Crippen LogP contribution in [0.4, 0.5) is 5.69 Å². The molecule has 0 spiro atoms. The number of carbonyl (C=O) groups excluding carboxylic acids is 5. The van der Waals surface area contributed by atoms with Crippen LogP contribution in [0.3, 0.4) is 0 Å². The fraction of sp³-hybridized carbons (Fsp3) is 0.563. The predicted molar refractivity (Wildman–Crippen MR) is 404 cm³/mol. The molecule has 0 unspecified atom stereocenters. The third-order valence-corrected chi connectivity index (χ3v) is 19.2. The number of benzene rings is 2. The Balaban J connectivity index is 1.23. The second-order valence-corrected chi connectivity index (χ2v) is 27.7. The van der Waals surface area contributed by atoms with E-state index in [2.05, 4.69) is 46.9 Å². The molecule has 2 fully saturated rings. The summed E-state index contributed by atoms with van der Waals surface area (Å²) in [5.41, 5.74) is 2.88. The van der Waals surface area contributed by atoms with E-state index >= 15 is 0 Å². The highest BCUT2D eigenvalue weighted by molar-refractivity contribution is 7.80. The van der Waals surface area contributed by atoms with Crippen LogP contribution in [0.5, 0.6) is 0 Å². The average Bonchev–Trinajstić information content (AvgIpc) is 1.67. The van der Waals surface area contributed by atoms with E-state index in [1.165, 1.54) is 53.9 Å². The Kier molecular flexibility index (Phi) is 37.4. The minimum atomic E-state index is -1.38. The summed E-state index contributed by atoms with van der Waals surface area (Å²) in [6.07, 6.45) is 3.87. The Morgan fingerprint density at radius 3 is 1.41 bits per heavy atom. The highest BCUT2D eigenvalue weighted by atomic mass is 32.1. The van der Waals surface area contributed by atoms with Gasteiger partial charge in [-0.3, -0.25) is 102 Å². The Hall–Kier alpha value is -10.3. The van der Waals surface area contributed by atoms with Gasteiger partial charge in [-0.05, 0) is 61.7 Å². The van der Waals surface area contributed by atoms with Crippen LogP contribution in [0.1, 0.15) is 68.3 Å². The molecular weight excluding hydrogens is 1470 g/mol. The quantitative estimate of drug-likeness (QED) is 0.0206. The van der Waals surface area contributed by atoms with E-state index in [0.29, 0.717) is 34.3 Å². The van der Waals surface area contributed by atoms with Crippen molar-refractivity contribution in [1.29, 1.82) is 0 Å². The molecule has 2 aliphatic rings. The zero-order valence-corrected chi connectivity index (χ0v) is 63.2. The minimum Gasteiger partial charge on any atom is -0.480 e. The molecule has 2 aromatic heterocycles. The van der Waals surface area contributed by atoms with Crippen LogP contribution in [-0.2, 0) is 75.2 Å².